The van der Waals surface area contributed by atoms with Gasteiger partial charge in [0.2, 0.25) is 0 Å². The largest absolute Gasteiger partial charge is 0.303 e. The van der Waals surface area contributed by atoms with E-state index in [0.29, 0.717) is 17.3 Å². The summed E-state index contributed by atoms with van der Waals surface area (Å²) in [5, 5.41) is 0. The molecule has 0 aliphatic rings. The number of hydrogen-bond donors (Lipinski definition) is 0. The molecule has 4 heteroatoms. The Morgan fingerprint density at radius 1 is 1.43 bits per heavy atom. The van der Waals surface area contributed by atoms with Gasteiger partial charge in [0, 0.05) is 16.5 Å². The second kappa shape index (κ2) is 5.20. The third-order valence-electron chi connectivity index (χ3n) is 1.88. The minimum Gasteiger partial charge on any atom is -0.303 e. The highest BCUT2D eigenvalue weighted by atomic mass is 79.9. The summed E-state index contributed by atoms with van der Waals surface area (Å²) in [5.41, 5.74) is 0.725. The molecule has 0 radical (unpaired) electrons. The van der Waals surface area contributed by atoms with Crippen molar-refractivity contribution in [1.82, 2.24) is 0 Å². The Morgan fingerprint density at radius 2 is 2.14 bits per heavy atom. The Balaban J connectivity index is 2.95. The summed E-state index contributed by atoms with van der Waals surface area (Å²) < 4.78 is 25.3. The lowest BCUT2D eigenvalue weighted by atomic mass is 10.1. The van der Waals surface area contributed by atoms with Gasteiger partial charge in [-0.25, -0.2) is 8.78 Å². The zero-order chi connectivity index (χ0) is 10.6. The van der Waals surface area contributed by atoms with Gasteiger partial charge in [-0.3, -0.25) is 0 Å². The van der Waals surface area contributed by atoms with Gasteiger partial charge < -0.3 is 4.79 Å². The van der Waals surface area contributed by atoms with Gasteiger partial charge in [0.1, 0.15) is 6.29 Å². The number of carbonyl (C=O) groups excluding carboxylic acids is 1. The third kappa shape index (κ3) is 2.61. The van der Waals surface area contributed by atoms with Gasteiger partial charge in [-0.15, -0.1) is 0 Å². The van der Waals surface area contributed by atoms with Crippen LogP contribution in [0.5, 0.6) is 0 Å². The fraction of sp³-hybridized carbons (Fsp3) is 0.300. The second-order valence-electron chi connectivity index (χ2n) is 2.83. The van der Waals surface area contributed by atoms with Crippen molar-refractivity contribution in [3.05, 3.63) is 33.8 Å². The molecular formula is C10H9BrF2O. The standard InChI is InChI=1S/C10H9BrF2O/c11-9-7(4-2-6-14)3-1-5-8(9)10(12)13/h1,3,5-6,10H,2,4H2. The first-order chi connectivity index (χ1) is 6.66. The molecule has 1 aromatic rings. The van der Waals surface area contributed by atoms with Crippen molar-refractivity contribution in [3.63, 3.8) is 0 Å². The van der Waals surface area contributed by atoms with E-state index in [1.54, 1.807) is 12.1 Å². The lowest BCUT2D eigenvalue weighted by Crippen LogP contribution is -1.93. The summed E-state index contributed by atoms with van der Waals surface area (Å²) in [7, 11) is 0. The molecule has 0 aliphatic carbocycles. The Bertz CT molecular complexity index is 326. The lowest BCUT2D eigenvalue weighted by molar-refractivity contribution is -0.107. The van der Waals surface area contributed by atoms with Crippen molar-refractivity contribution in [1.29, 1.82) is 0 Å². The first-order valence-electron chi connectivity index (χ1n) is 4.16. The Morgan fingerprint density at radius 3 is 2.71 bits per heavy atom. The highest BCUT2D eigenvalue weighted by molar-refractivity contribution is 9.10. The molecule has 0 fully saturated rings. The number of benzene rings is 1. The molecule has 0 aromatic heterocycles. The lowest BCUT2D eigenvalue weighted by Gasteiger charge is -2.07. The summed E-state index contributed by atoms with van der Waals surface area (Å²) in [4.78, 5) is 10.1. The van der Waals surface area contributed by atoms with Crippen LogP contribution < -0.4 is 0 Å². The summed E-state index contributed by atoms with van der Waals surface area (Å²) in [6.07, 6.45) is -0.863. The molecule has 0 spiro atoms. The number of carbonyl (C=O) groups is 1. The van der Waals surface area contributed by atoms with Crippen molar-refractivity contribution < 1.29 is 13.6 Å². The molecule has 0 saturated heterocycles. The normalized spacial score (nSPS) is 10.6. The van der Waals surface area contributed by atoms with E-state index in [1.165, 1.54) is 6.07 Å². The monoisotopic (exact) mass is 262 g/mol. The van der Waals surface area contributed by atoms with E-state index in [0.717, 1.165) is 11.8 Å². The maximum Gasteiger partial charge on any atom is 0.264 e. The van der Waals surface area contributed by atoms with Gasteiger partial charge in [-0.1, -0.05) is 34.1 Å². The van der Waals surface area contributed by atoms with Crippen LogP contribution in [0.4, 0.5) is 8.78 Å². The highest BCUT2D eigenvalue weighted by Crippen LogP contribution is 2.30. The number of hydrogen-bond acceptors (Lipinski definition) is 1. The van der Waals surface area contributed by atoms with E-state index in [4.69, 9.17) is 0 Å². The average molecular weight is 263 g/mol. The predicted molar refractivity (Wildman–Crippen MR) is 53.5 cm³/mol. The third-order valence-corrected chi connectivity index (χ3v) is 2.84. The topological polar surface area (TPSA) is 17.1 Å². The van der Waals surface area contributed by atoms with Gasteiger partial charge in [0.25, 0.3) is 6.43 Å². The van der Waals surface area contributed by atoms with Gasteiger partial charge >= 0.3 is 0 Å². The van der Waals surface area contributed by atoms with Crippen molar-refractivity contribution >= 4 is 22.2 Å². The maximum atomic E-state index is 12.4. The summed E-state index contributed by atoms with van der Waals surface area (Å²) >= 11 is 3.12. The van der Waals surface area contributed by atoms with Crippen LogP contribution in [0.2, 0.25) is 0 Å². The van der Waals surface area contributed by atoms with Crippen LogP contribution >= 0.6 is 15.9 Å². The van der Waals surface area contributed by atoms with E-state index in [9.17, 15) is 13.6 Å². The van der Waals surface area contributed by atoms with Crippen molar-refractivity contribution in [2.75, 3.05) is 0 Å². The molecule has 1 aromatic carbocycles. The SMILES string of the molecule is O=CCCc1cccc(C(F)F)c1Br. The molecular weight excluding hydrogens is 254 g/mol. The zero-order valence-corrected chi connectivity index (χ0v) is 8.93. The van der Waals surface area contributed by atoms with Gasteiger partial charge in [0.15, 0.2) is 0 Å². The molecule has 76 valence electrons. The molecule has 0 saturated carbocycles. The molecule has 14 heavy (non-hydrogen) atoms. The molecule has 0 heterocycles. The predicted octanol–water partition coefficient (Wildman–Crippen LogP) is 3.52. The van der Waals surface area contributed by atoms with E-state index in [-0.39, 0.29) is 5.56 Å². The Hall–Kier alpha value is -0.770. The van der Waals surface area contributed by atoms with Crippen LogP contribution in [0.3, 0.4) is 0 Å². The quantitative estimate of drug-likeness (QED) is 0.759. The molecule has 0 atom stereocenters. The number of aldehydes is 1. The van der Waals surface area contributed by atoms with E-state index in [1.807, 2.05) is 0 Å². The number of alkyl halides is 2. The smallest absolute Gasteiger partial charge is 0.264 e. The van der Waals surface area contributed by atoms with Crippen LogP contribution in [-0.2, 0) is 11.2 Å². The van der Waals surface area contributed by atoms with Crippen LogP contribution in [0.25, 0.3) is 0 Å². The van der Waals surface area contributed by atoms with Gasteiger partial charge in [-0.2, -0.15) is 0 Å². The van der Waals surface area contributed by atoms with E-state index < -0.39 is 6.43 Å². The molecule has 1 rings (SSSR count). The Kier molecular flexibility index (Phi) is 4.20. The van der Waals surface area contributed by atoms with Crippen molar-refractivity contribution in [2.24, 2.45) is 0 Å². The number of halogens is 3. The minimum atomic E-state index is -2.49. The summed E-state index contributed by atoms with van der Waals surface area (Å²) in [6, 6.07) is 4.69. The Labute approximate surface area is 89.3 Å². The van der Waals surface area contributed by atoms with E-state index >= 15 is 0 Å². The summed E-state index contributed by atoms with van der Waals surface area (Å²) in [6.45, 7) is 0. The number of rotatable bonds is 4. The molecule has 0 N–H and O–H groups in total. The molecule has 0 amide bonds. The summed E-state index contributed by atoms with van der Waals surface area (Å²) in [5.74, 6) is 0. The van der Waals surface area contributed by atoms with Crippen molar-refractivity contribution in [3.8, 4) is 0 Å². The highest BCUT2D eigenvalue weighted by Gasteiger charge is 2.13. The molecule has 0 bridgehead atoms. The van der Waals surface area contributed by atoms with Crippen LogP contribution in [-0.4, -0.2) is 6.29 Å². The van der Waals surface area contributed by atoms with E-state index in [2.05, 4.69) is 15.9 Å². The van der Waals surface area contributed by atoms with Crippen LogP contribution in [0.1, 0.15) is 24.0 Å². The first kappa shape index (κ1) is 11.3. The first-order valence-corrected chi connectivity index (χ1v) is 4.95. The number of aryl methyl sites for hydroxylation is 1. The van der Waals surface area contributed by atoms with Gasteiger partial charge in [-0.05, 0) is 12.0 Å². The minimum absolute atomic E-state index is 0.0200. The average Bonchev–Trinajstić information content (AvgIpc) is 2.16. The second-order valence-corrected chi connectivity index (χ2v) is 3.62. The van der Waals surface area contributed by atoms with Gasteiger partial charge in [0.05, 0.1) is 0 Å². The maximum absolute atomic E-state index is 12.4. The molecule has 0 unspecified atom stereocenters. The van der Waals surface area contributed by atoms with Crippen molar-refractivity contribution in [2.45, 2.75) is 19.3 Å². The fourth-order valence-corrected chi connectivity index (χ4v) is 1.81. The zero-order valence-electron chi connectivity index (χ0n) is 7.34. The van der Waals surface area contributed by atoms with Crippen LogP contribution in [0, 0.1) is 0 Å². The van der Waals surface area contributed by atoms with Crippen LogP contribution in [0.15, 0.2) is 22.7 Å². The molecule has 1 nitrogen and oxygen atoms in total. The molecule has 0 aliphatic heterocycles. The fourth-order valence-electron chi connectivity index (χ4n) is 1.18.